The van der Waals surface area contributed by atoms with Crippen LogP contribution >= 0.6 is 39.5 Å². The minimum Gasteiger partial charge on any atom is -0.326 e. The molecule has 0 aromatic carbocycles. The predicted molar refractivity (Wildman–Crippen MR) is 99.4 cm³/mol. The van der Waals surface area contributed by atoms with Crippen LogP contribution in [0.15, 0.2) is 4.47 Å². The molecule has 0 radical (unpaired) electrons. The number of hydrogen-bond donors (Lipinski definition) is 1. The van der Waals surface area contributed by atoms with Gasteiger partial charge >= 0.3 is 0 Å². The van der Waals surface area contributed by atoms with E-state index in [0.29, 0.717) is 10.5 Å². The van der Waals surface area contributed by atoms with Crippen molar-refractivity contribution in [2.24, 2.45) is 5.73 Å². The third kappa shape index (κ3) is 4.01. The first-order chi connectivity index (χ1) is 9.97. The molecule has 1 saturated heterocycles. The fraction of sp³-hybridized carbons (Fsp3) is 0.800. The van der Waals surface area contributed by atoms with E-state index in [-0.39, 0.29) is 6.04 Å². The minimum atomic E-state index is 0.195. The normalized spacial score (nSPS) is 27.8. The zero-order valence-electron chi connectivity index (χ0n) is 13.3. The molecule has 0 saturated carbocycles. The van der Waals surface area contributed by atoms with E-state index in [9.17, 15) is 0 Å². The van der Waals surface area contributed by atoms with Gasteiger partial charge in [-0.25, -0.2) is 0 Å². The maximum absolute atomic E-state index is 6.54. The van der Waals surface area contributed by atoms with Gasteiger partial charge in [0.15, 0.2) is 0 Å². The molecule has 2 rings (SSSR count). The number of rotatable bonds is 5. The smallest absolute Gasteiger partial charge is 0.0766 e. The molecule has 2 heterocycles. The number of aromatic nitrogens is 2. The van der Waals surface area contributed by atoms with Crippen molar-refractivity contribution in [3.05, 3.63) is 15.9 Å². The number of nitrogens with two attached hydrogens (primary N) is 1. The summed E-state index contributed by atoms with van der Waals surface area (Å²) in [6.45, 7) is 9.83. The van der Waals surface area contributed by atoms with Crippen LogP contribution in [-0.2, 0) is 19.4 Å². The van der Waals surface area contributed by atoms with Gasteiger partial charge in [-0.1, -0.05) is 20.8 Å². The molecule has 120 valence electrons. The third-order valence-corrected chi connectivity index (χ3v) is 8.66. The highest BCUT2D eigenvalue weighted by atomic mass is 79.9. The molecule has 4 atom stereocenters. The van der Waals surface area contributed by atoms with Crippen molar-refractivity contribution in [1.29, 1.82) is 0 Å². The monoisotopic (exact) mass is 391 g/mol. The van der Waals surface area contributed by atoms with E-state index in [1.165, 1.54) is 5.69 Å². The number of aryl methyl sites for hydroxylation is 2. The second-order valence-corrected chi connectivity index (χ2v) is 9.49. The van der Waals surface area contributed by atoms with Crippen molar-refractivity contribution in [2.45, 2.75) is 68.9 Å². The quantitative estimate of drug-likeness (QED) is 0.830. The summed E-state index contributed by atoms with van der Waals surface area (Å²) in [5.74, 6) is 1.16. The van der Waals surface area contributed by atoms with Gasteiger partial charge in [0, 0.05) is 40.5 Å². The van der Waals surface area contributed by atoms with E-state index in [2.05, 4.69) is 76.9 Å². The topological polar surface area (TPSA) is 43.8 Å². The first-order valence-corrected chi connectivity index (χ1v) is 10.5. The number of nitrogens with zero attached hydrogens (tertiary/aromatic N) is 2. The third-order valence-electron chi connectivity index (χ3n) is 4.17. The molecule has 1 aliphatic rings. The molecule has 1 aromatic rings. The van der Waals surface area contributed by atoms with E-state index in [4.69, 9.17) is 5.73 Å². The molecule has 1 aromatic heterocycles. The lowest BCUT2D eigenvalue weighted by Gasteiger charge is -2.34. The lowest BCUT2D eigenvalue weighted by atomic mass is 10.1. The summed E-state index contributed by atoms with van der Waals surface area (Å²) in [4.78, 5) is 0. The van der Waals surface area contributed by atoms with Gasteiger partial charge < -0.3 is 5.73 Å². The van der Waals surface area contributed by atoms with Crippen molar-refractivity contribution in [1.82, 2.24) is 9.78 Å². The summed E-state index contributed by atoms with van der Waals surface area (Å²) in [6.07, 6.45) is 1.86. The molecule has 0 aliphatic carbocycles. The molecule has 2 N–H and O–H groups in total. The molecule has 0 bridgehead atoms. The average molecular weight is 392 g/mol. The largest absolute Gasteiger partial charge is 0.326 e. The maximum Gasteiger partial charge on any atom is 0.0766 e. The van der Waals surface area contributed by atoms with Crippen molar-refractivity contribution >= 4 is 39.5 Å². The van der Waals surface area contributed by atoms with Crippen LogP contribution in [0.2, 0.25) is 0 Å². The highest BCUT2D eigenvalue weighted by Gasteiger charge is 2.30. The molecular formula is C15H26BrN3S2. The summed E-state index contributed by atoms with van der Waals surface area (Å²) in [5, 5.41) is 6.63. The molecule has 4 unspecified atom stereocenters. The Morgan fingerprint density at radius 3 is 2.67 bits per heavy atom. The van der Waals surface area contributed by atoms with Crippen molar-refractivity contribution in [2.75, 3.05) is 5.75 Å². The van der Waals surface area contributed by atoms with Gasteiger partial charge in [0.2, 0.25) is 0 Å². The van der Waals surface area contributed by atoms with Gasteiger partial charge in [0.25, 0.3) is 0 Å². The number of hydrogen-bond acceptors (Lipinski definition) is 4. The van der Waals surface area contributed by atoms with Crippen LogP contribution in [0.1, 0.15) is 39.1 Å². The van der Waals surface area contributed by atoms with Crippen LogP contribution < -0.4 is 5.73 Å². The van der Waals surface area contributed by atoms with Crippen molar-refractivity contribution in [3.8, 4) is 0 Å². The standard InChI is InChI=1S/C15H26BrN3S2/c1-5-12-15(16)13(19(6-2)18-12)7-11(17)14-8-20-9(3)10(4)21-14/h9-11,14H,5-8,17H2,1-4H3. The summed E-state index contributed by atoms with van der Waals surface area (Å²) >= 11 is 7.85. The first kappa shape index (κ1) is 17.7. The Labute approximate surface area is 145 Å². The second kappa shape index (κ2) is 7.75. The molecular weight excluding hydrogens is 366 g/mol. The Morgan fingerprint density at radius 2 is 2.10 bits per heavy atom. The van der Waals surface area contributed by atoms with Gasteiger partial charge in [-0.3, -0.25) is 4.68 Å². The van der Waals surface area contributed by atoms with Crippen LogP contribution in [0.5, 0.6) is 0 Å². The molecule has 6 heteroatoms. The van der Waals surface area contributed by atoms with Crippen LogP contribution in [0.3, 0.4) is 0 Å². The average Bonchev–Trinajstić information content (AvgIpc) is 2.78. The fourth-order valence-electron chi connectivity index (χ4n) is 2.60. The Hall–Kier alpha value is 0.350. The molecule has 1 fully saturated rings. The summed E-state index contributed by atoms with van der Waals surface area (Å²) in [6, 6.07) is 0.195. The van der Waals surface area contributed by atoms with Gasteiger partial charge in [-0.2, -0.15) is 28.6 Å². The molecule has 21 heavy (non-hydrogen) atoms. The van der Waals surface area contributed by atoms with Crippen LogP contribution in [0, 0.1) is 0 Å². The highest BCUT2D eigenvalue weighted by Crippen LogP contribution is 2.37. The van der Waals surface area contributed by atoms with E-state index < -0.39 is 0 Å². The number of thioether (sulfide) groups is 2. The van der Waals surface area contributed by atoms with E-state index in [1.54, 1.807) is 0 Å². The Morgan fingerprint density at radius 1 is 1.38 bits per heavy atom. The highest BCUT2D eigenvalue weighted by molar-refractivity contribution is 9.10. The van der Waals surface area contributed by atoms with Gasteiger partial charge in [0.05, 0.1) is 15.9 Å². The Bertz CT molecular complexity index is 478. The van der Waals surface area contributed by atoms with Crippen LogP contribution in [0.4, 0.5) is 0 Å². The van der Waals surface area contributed by atoms with Crippen LogP contribution in [0.25, 0.3) is 0 Å². The van der Waals surface area contributed by atoms with E-state index >= 15 is 0 Å². The number of halogens is 1. The summed E-state index contributed by atoms with van der Waals surface area (Å²) in [5.41, 5.74) is 8.94. The maximum atomic E-state index is 6.54. The SMILES string of the molecule is CCc1nn(CC)c(CC(N)C2CSC(C)C(C)S2)c1Br. The lowest BCUT2D eigenvalue weighted by Crippen LogP contribution is -2.41. The summed E-state index contributed by atoms with van der Waals surface area (Å²) < 4.78 is 3.27. The minimum absolute atomic E-state index is 0.195. The zero-order chi connectivity index (χ0) is 15.6. The van der Waals surface area contributed by atoms with Crippen molar-refractivity contribution in [3.63, 3.8) is 0 Å². The zero-order valence-corrected chi connectivity index (χ0v) is 16.5. The van der Waals surface area contributed by atoms with Gasteiger partial charge in [-0.05, 0) is 29.3 Å². The molecule has 0 amide bonds. The van der Waals surface area contributed by atoms with Crippen molar-refractivity contribution < 1.29 is 0 Å². The fourth-order valence-corrected chi connectivity index (χ4v) is 6.39. The second-order valence-electron chi connectivity index (χ2n) is 5.66. The van der Waals surface area contributed by atoms with E-state index in [0.717, 1.165) is 40.6 Å². The van der Waals surface area contributed by atoms with E-state index in [1.807, 2.05) is 0 Å². The molecule has 0 spiro atoms. The van der Waals surface area contributed by atoms with Gasteiger partial charge in [-0.15, -0.1) is 0 Å². The molecule has 1 aliphatic heterocycles. The Kier molecular flexibility index (Phi) is 6.53. The Balaban J connectivity index is 2.09. The summed E-state index contributed by atoms with van der Waals surface area (Å²) in [7, 11) is 0. The predicted octanol–water partition coefficient (Wildman–Crippen LogP) is 3.72. The van der Waals surface area contributed by atoms with Gasteiger partial charge in [0.1, 0.15) is 0 Å². The lowest BCUT2D eigenvalue weighted by molar-refractivity contribution is 0.571. The molecule has 3 nitrogen and oxygen atoms in total. The first-order valence-electron chi connectivity index (χ1n) is 7.74. The van der Waals surface area contributed by atoms with Crippen LogP contribution in [-0.4, -0.2) is 37.3 Å².